The Morgan fingerprint density at radius 2 is 1.85 bits per heavy atom. The Labute approximate surface area is 116 Å². The van der Waals surface area contributed by atoms with Crippen molar-refractivity contribution in [2.45, 2.75) is 13.3 Å². The van der Waals surface area contributed by atoms with Crippen molar-refractivity contribution in [3.8, 4) is 5.75 Å². The average Bonchev–Trinajstić information content (AvgIpc) is 2.40. The highest BCUT2D eigenvalue weighted by Crippen LogP contribution is 2.26. The van der Waals surface area contributed by atoms with E-state index in [1.807, 2.05) is 6.92 Å². The van der Waals surface area contributed by atoms with Gasteiger partial charge in [-0.1, -0.05) is 6.92 Å². The van der Waals surface area contributed by atoms with Gasteiger partial charge in [0, 0.05) is 35.3 Å². The molecule has 20 heavy (non-hydrogen) atoms. The molecule has 2 aromatic rings. The first-order valence-corrected chi connectivity index (χ1v) is 6.34. The zero-order valence-corrected chi connectivity index (χ0v) is 11.1. The highest BCUT2D eigenvalue weighted by molar-refractivity contribution is 5.66. The first kappa shape index (κ1) is 14.1. The normalized spacial score (nSPS) is 10.3. The standard InChI is InChI=1S/C15H16F2N2O/c1-2-5-20-13-7-10(18)6-12(8-13)19-11-3-4-14(16)15(17)9-11/h3-4,6-9,19H,2,5,18H2,1H3. The molecule has 0 radical (unpaired) electrons. The van der Waals surface area contributed by atoms with E-state index in [2.05, 4.69) is 5.32 Å². The molecule has 0 aliphatic rings. The van der Waals surface area contributed by atoms with Gasteiger partial charge < -0.3 is 15.8 Å². The minimum Gasteiger partial charge on any atom is -0.493 e. The molecule has 0 heterocycles. The number of nitrogen functional groups attached to an aromatic ring is 1. The number of hydrogen-bond donors (Lipinski definition) is 2. The molecule has 0 saturated heterocycles. The molecule has 5 heteroatoms. The largest absolute Gasteiger partial charge is 0.493 e. The van der Waals surface area contributed by atoms with Gasteiger partial charge in [-0.2, -0.15) is 0 Å². The van der Waals surface area contributed by atoms with Crippen LogP contribution in [-0.2, 0) is 0 Å². The Morgan fingerprint density at radius 1 is 1.05 bits per heavy atom. The van der Waals surface area contributed by atoms with Crippen molar-refractivity contribution in [1.82, 2.24) is 0 Å². The third kappa shape index (κ3) is 3.60. The topological polar surface area (TPSA) is 47.3 Å². The lowest BCUT2D eigenvalue weighted by Gasteiger charge is -2.11. The van der Waals surface area contributed by atoms with Crippen LogP contribution in [-0.4, -0.2) is 6.61 Å². The summed E-state index contributed by atoms with van der Waals surface area (Å²) in [4.78, 5) is 0. The number of halogens is 2. The maximum absolute atomic E-state index is 13.1. The van der Waals surface area contributed by atoms with E-state index in [1.54, 1.807) is 18.2 Å². The number of nitrogens with two attached hydrogens (primary N) is 1. The first-order chi connectivity index (χ1) is 9.58. The van der Waals surface area contributed by atoms with Crippen molar-refractivity contribution in [3.63, 3.8) is 0 Å². The molecule has 2 aromatic carbocycles. The fraction of sp³-hybridized carbons (Fsp3) is 0.200. The van der Waals surface area contributed by atoms with E-state index in [0.29, 0.717) is 29.4 Å². The molecule has 0 aromatic heterocycles. The molecule has 0 bridgehead atoms. The van der Waals surface area contributed by atoms with Crippen LogP contribution in [0.25, 0.3) is 0 Å². The predicted molar refractivity (Wildman–Crippen MR) is 76.3 cm³/mol. The second kappa shape index (κ2) is 6.23. The maximum Gasteiger partial charge on any atom is 0.160 e. The van der Waals surface area contributed by atoms with Gasteiger partial charge in [-0.05, 0) is 24.6 Å². The average molecular weight is 278 g/mol. The van der Waals surface area contributed by atoms with Crippen LogP contribution in [0, 0.1) is 11.6 Å². The number of hydrogen-bond acceptors (Lipinski definition) is 3. The van der Waals surface area contributed by atoms with E-state index in [4.69, 9.17) is 10.5 Å². The van der Waals surface area contributed by atoms with Crippen LogP contribution < -0.4 is 15.8 Å². The summed E-state index contributed by atoms with van der Waals surface area (Å²) in [5.74, 6) is -1.15. The number of benzene rings is 2. The van der Waals surface area contributed by atoms with Crippen molar-refractivity contribution >= 4 is 17.1 Å². The van der Waals surface area contributed by atoms with Crippen LogP contribution in [0.3, 0.4) is 0 Å². The van der Waals surface area contributed by atoms with Crippen LogP contribution in [0.4, 0.5) is 25.8 Å². The van der Waals surface area contributed by atoms with Crippen LogP contribution in [0.2, 0.25) is 0 Å². The van der Waals surface area contributed by atoms with Crippen LogP contribution >= 0.6 is 0 Å². The van der Waals surface area contributed by atoms with Gasteiger partial charge in [0.15, 0.2) is 11.6 Å². The Bertz CT molecular complexity index is 602. The fourth-order valence-electron chi connectivity index (χ4n) is 1.74. The summed E-state index contributed by atoms with van der Waals surface area (Å²) in [7, 11) is 0. The summed E-state index contributed by atoms with van der Waals surface area (Å²) in [6.07, 6.45) is 0.890. The zero-order valence-electron chi connectivity index (χ0n) is 11.1. The van der Waals surface area contributed by atoms with E-state index in [-0.39, 0.29) is 0 Å². The summed E-state index contributed by atoms with van der Waals surface area (Å²) >= 11 is 0. The second-order valence-electron chi connectivity index (χ2n) is 4.39. The number of anilines is 3. The van der Waals surface area contributed by atoms with Gasteiger partial charge in [0.2, 0.25) is 0 Å². The third-order valence-corrected chi connectivity index (χ3v) is 2.61. The quantitative estimate of drug-likeness (QED) is 0.810. The SMILES string of the molecule is CCCOc1cc(N)cc(Nc2ccc(F)c(F)c2)c1. The molecule has 2 rings (SSSR count). The lowest BCUT2D eigenvalue weighted by atomic mass is 10.2. The molecule has 0 atom stereocenters. The van der Waals surface area contributed by atoms with Crippen LogP contribution in [0.15, 0.2) is 36.4 Å². The van der Waals surface area contributed by atoms with Gasteiger partial charge in [0.1, 0.15) is 5.75 Å². The molecule has 0 saturated carbocycles. The zero-order chi connectivity index (χ0) is 14.5. The molecule has 0 unspecified atom stereocenters. The van der Waals surface area contributed by atoms with Crippen molar-refractivity contribution in [2.75, 3.05) is 17.7 Å². The van der Waals surface area contributed by atoms with E-state index in [0.717, 1.165) is 18.6 Å². The Kier molecular flexibility index (Phi) is 4.40. The summed E-state index contributed by atoms with van der Waals surface area (Å²) in [6.45, 7) is 2.60. The molecule has 0 spiro atoms. The molecule has 0 aliphatic carbocycles. The Balaban J connectivity index is 2.19. The van der Waals surface area contributed by atoms with Crippen molar-refractivity contribution in [2.24, 2.45) is 0 Å². The highest BCUT2D eigenvalue weighted by Gasteiger charge is 2.04. The Morgan fingerprint density at radius 3 is 2.55 bits per heavy atom. The molecule has 0 amide bonds. The predicted octanol–water partition coefficient (Wildman–Crippen LogP) is 4.08. The Hall–Kier alpha value is -2.30. The molecular weight excluding hydrogens is 262 g/mol. The summed E-state index contributed by atoms with van der Waals surface area (Å²) < 4.78 is 31.5. The van der Waals surface area contributed by atoms with Gasteiger partial charge in [-0.3, -0.25) is 0 Å². The van der Waals surface area contributed by atoms with Crippen molar-refractivity contribution < 1.29 is 13.5 Å². The van der Waals surface area contributed by atoms with E-state index >= 15 is 0 Å². The summed E-state index contributed by atoms with van der Waals surface area (Å²) in [6, 6.07) is 8.77. The molecule has 0 aliphatic heterocycles. The second-order valence-corrected chi connectivity index (χ2v) is 4.39. The van der Waals surface area contributed by atoms with Crippen LogP contribution in [0.1, 0.15) is 13.3 Å². The number of ether oxygens (including phenoxy) is 1. The molecular formula is C15H16F2N2O. The minimum atomic E-state index is -0.902. The van der Waals surface area contributed by atoms with Crippen LogP contribution in [0.5, 0.6) is 5.75 Å². The maximum atomic E-state index is 13.1. The molecule has 0 fully saturated rings. The van der Waals surface area contributed by atoms with Gasteiger partial charge in [0.05, 0.1) is 6.61 Å². The monoisotopic (exact) mass is 278 g/mol. The lowest BCUT2D eigenvalue weighted by Crippen LogP contribution is -1.99. The smallest absolute Gasteiger partial charge is 0.160 e. The van der Waals surface area contributed by atoms with Gasteiger partial charge >= 0.3 is 0 Å². The lowest BCUT2D eigenvalue weighted by molar-refractivity contribution is 0.318. The highest BCUT2D eigenvalue weighted by atomic mass is 19.2. The fourth-order valence-corrected chi connectivity index (χ4v) is 1.74. The molecule has 3 nitrogen and oxygen atoms in total. The van der Waals surface area contributed by atoms with Gasteiger partial charge in [-0.25, -0.2) is 8.78 Å². The summed E-state index contributed by atoms with van der Waals surface area (Å²) in [5, 5.41) is 2.96. The van der Waals surface area contributed by atoms with Crippen molar-refractivity contribution in [3.05, 3.63) is 48.0 Å². The first-order valence-electron chi connectivity index (χ1n) is 6.34. The third-order valence-electron chi connectivity index (χ3n) is 2.61. The summed E-state index contributed by atoms with van der Waals surface area (Å²) in [5.41, 5.74) is 7.41. The number of nitrogens with one attached hydrogen (secondary N) is 1. The minimum absolute atomic E-state index is 0.441. The molecule has 106 valence electrons. The van der Waals surface area contributed by atoms with Crippen molar-refractivity contribution in [1.29, 1.82) is 0 Å². The number of rotatable bonds is 5. The van der Waals surface area contributed by atoms with E-state index in [9.17, 15) is 8.78 Å². The molecule has 3 N–H and O–H groups in total. The van der Waals surface area contributed by atoms with E-state index < -0.39 is 11.6 Å². The van der Waals surface area contributed by atoms with Gasteiger partial charge in [-0.15, -0.1) is 0 Å². The van der Waals surface area contributed by atoms with Gasteiger partial charge in [0.25, 0.3) is 0 Å². The van der Waals surface area contributed by atoms with E-state index in [1.165, 1.54) is 6.07 Å².